The van der Waals surface area contributed by atoms with Gasteiger partial charge in [-0.05, 0) is 17.7 Å². The molecule has 1 rings (SSSR count). The maximum Gasteiger partial charge on any atom is 0.309 e. The largest absolute Gasteiger partial charge is 0.469 e. The van der Waals surface area contributed by atoms with Crippen LogP contribution in [0.15, 0.2) is 18.2 Å². The van der Waals surface area contributed by atoms with Crippen molar-refractivity contribution in [3.63, 3.8) is 0 Å². The SMILES string of the molecule is COC(=O)C(C)CSCc1ccc(F)c(Cl)c1. The number of ether oxygens (including phenoxy) is 1. The molecule has 0 aromatic heterocycles. The molecule has 0 radical (unpaired) electrons. The lowest BCUT2D eigenvalue weighted by molar-refractivity contribution is -0.143. The molecule has 17 heavy (non-hydrogen) atoms. The minimum Gasteiger partial charge on any atom is -0.469 e. The summed E-state index contributed by atoms with van der Waals surface area (Å²) < 4.78 is 17.5. The van der Waals surface area contributed by atoms with Gasteiger partial charge in [-0.3, -0.25) is 4.79 Å². The molecular formula is C12H14ClFO2S. The molecule has 0 fully saturated rings. The van der Waals surface area contributed by atoms with Crippen LogP contribution in [0.2, 0.25) is 5.02 Å². The predicted octanol–water partition coefficient (Wildman–Crippen LogP) is 3.52. The smallest absolute Gasteiger partial charge is 0.309 e. The molecule has 0 saturated heterocycles. The lowest BCUT2D eigenvalue weighted by atomic mass is 10.2. The topological polar surface area (TPSA) is 26.3 Å². The summed E-state index contributed by atoms with van der Waals surface area (Å²) in [5, 5.41) is 0.129. The second-order valence-corrected chi connectivity index (χ2v) is 5.13. The van der Waals surface area contributed by atoms with Crippen molar-refractivity contribution in [2.24, 2.45) is 5.92 Å². The number of thioether (sulfide) groups is 1. The highest BCUT2D eigenvalue weighted by Crippen LogP contribution is 2.21. The number of esters is 1. The normalized spacial score (nSPS) is 12.2. The molecule has 1 atom stereocenters. The van der Waals surface area contributed by atoms with Gasteiger partial charge in [-0.15, -0.1) is 0 Å². The van der Waals surface area contributed by atoms with E-state index in [1.54, 1.807) is 23.9 Å². The zero-order valence-corrected chi connectivity index (χ0v) is 11.3. The van der Waals surface area contributed by atoms with Crippen molar-refractivity contribution in [2.45, 2.75) is 12.7 Å². The summed E-state index contributed by atoms with van der Waals surface area (Å²) in [5.74, 6) is 0.599. The van der Waals surface area contributed by atoms with Gasteiger partial charge >= 0.3 is 5.97 Å². The highest BCUT2D eigenvalue weighted by atomic mass is 35.5. The predicted molar refractivity (Wildman–Crippen MR) is 68.8 cm³/mol. The molecule has 0 aliphatic rings. The molecule has 1 unspecified atom stereocenters. The highest BCUT2D eigenvalue weighted by molar-refractivity contribution is 7.98. The molecular weight excluding hydrogens is 263 g/mol. The summed E-state index contributed by atoms with van der Waals surface area (Å²) in [6.07, 6.45) is 0. The summed E-state index contributed by atoms with van der Waals surface area (Å²) >= 11 is 7.26. The first-order chi connectivity index (χ1) is 8.04. The maximum atomic E-state index is 12.9. The molecule has 1 aromatic carbocycles. The van der Waals surface area contributed by atoms with Crippen LogP contribution in [0, 0.1) is 11.7 Å². The van der Waals surface area contributed by atoms with Crippen molar-refractivity contribution in [2.75, 3.05) is 12.9 Å². The van der Waals surface area contributed by atoms with Gasteiger partial charge in [0.1, 0.15) is 5.82 Å². The summed E-state index contributed by atoms with van der Waals surface area (Å²) in [5.41, 5.74) is 0.943. The van der Waals surface area contributed by atoms with E-state index in [0.29, 0.717) is 11.5 Å². The Morgan fingerprint density at radius 2 is 2.29 bits per heavy atom. The highest BCUT2D eigenvalue weighted by Gasteiger charge is 2.12. The average Bonchev–Trinajstić information content (AvgIpc) is 2.32. The van der Waals surface area contributed by atoms with E-state index in [9.17, 15) is 9.18 Å². The second-order valence-electron chi connectivity index (χ2n) is 3.69. The molecule has 0 N–H and O–H groups in total. The van der Waals surface area contributed by atoms with E-state index >= 15 is 0 Å². The summed E-state index contributed by atoms with van der Waals surface area (Å²) in [6.45, 7) is 1.82. The molecule has 1 aromatic rings. The second kappa shape index (κ2) is 6.87. The van der Waals surface area contributed by atoms with Gasteiger partial charge in [-0.25, -0.2) is 4.39 Å². The van der Waals surface area contributed by atoms with Crippen molar-refractivity contribution in [1.29, 1.82) is 0 Å². The van der Waals surface area contributed by atoms with Gasteiger partial charge < -0.3 is 4.74 Å². The number of carbonyl (C=O) groups excluding carboxylic acids is 1. The summed E-state index contributed by atoms with van der Waals surface area (Å²) in [7, 11) is 1.38. The maximum absolute atomic E-state index is 12.9. The number of rotatable bonds is 5. The van der Waals surface area contributed by atoms with Crippen LogP contribution in [-0.4, -0.2) is 18.8 Å². The third-order valence-electron chi connectivity index (χ3n) is 2.22. The molecule has 0 amide bonds. The molecule has 0 bridgehead atoms. The van der Waals surface area contributed by atoms with Gasteiger partial charge in [-0.2, -0.15) is 11.8 Å². The number of carbonyl (C=O) groups is 1. The Morgan fingerprint density at radius 3 is 2.88 bits per heavy atom. The van der Waals surface area contributed by atoms with Crippen LogP contribution in [0.4, 0.5) is 4.39 Å². The fourth-order valence-electron chi connectivity index (χ4n) is 1.25. The lowest BCUT2D eigenvalue weighted by Crippen LogP contribution is -2.14. The number of halogens is 2. The molecule has 0 spiro atoms. The average molecular weight is 277 g/mol. The Balaban J connectivity index is 2.40. The van der Waals surface area contributed by atoms with Crippen LogP contribution in [0.25, 0.3) is 0 Å². The third kappa shape index (κ3) is 4.56. The van der Waals surface area contributed by atoms with Crippen LogP contribution in [0.1, 0.15) is 12.5 Å². The fourth-order valence-corrected chi connectivity index (χ4v) is 2.48. The van der Waals surface area contributed by atoms with Crippen molar-refractivity contribution < 1.29 is 13.9 Å². The number of methoxy groups -OCH3 is 1. The van der Waals surface area contributed by atoms with Crippen LogP contribution in [0.3, 0.4) is 0 Å². The van der Waals surface area contributed by atoms with E-state index in [0.717, 1.165) is 5.56 Å². The minimum atomic E-state index is -0.414. The molecule has 94 valence electrons. The Labute approximate surface area is 109 Å². The van der Waals surface area contributed by atoms with E-state index in [1.165, 1.54) is 13.2 Å². The Morgan fingerprint density at radius 1 is 1.59 bits per heavy atom. The van der Waals surface area contributed by atoms with Crippen molar-refractivity contribution in [3.05, 3.63) is 34.6 Å². The standard InChI is InChI=1S/C12H14ClFO2S/c1-8(12(15)16-2)6-17-7-9-3-4-11(14)10(13)5-9/h3-5,8H,6-7H2,1-2H3. The Bertz CT molecular complexity index is 398. The van der Waals surface area contributed by atoms with Crippen LogP contribution < -0.4 is 0 Å². The number of hydrogen-bond donors (Lipinski definition) is 0. The fraction of sp³-hybridized carbons (Fsp3) is 0.417. The van der Waals surface area contributed by atoms with Gasteiger partial charge in [-0.1, -0.05) is 24.6 Å². The monoisotopic (exact) mass is 276 g/mol. The van der Waals surface area contributed by atoms with Gasteiger partial charge in [0.15, 0.2) is 0 Å². The number of benzene rings is 1. The zero-order valence-electron chi connectivity index (χ0n) is 9.70. The quantitative estimate of drug-likeness (QED) is 0.770. The molecule has 2 nitrogen and oxygen atoms in total. The molecule has 5 heteroatoms. The zero-order chi connectivity index (χ0) is 12.8. The van der Waals surface area contributed by atoms with Crippen molar-refractivity contribution in [3.8, 4) is 0 Å². The minimum absolute atomic E-state index is 0.129. The summed E-state index contributed by atoms with van der Waals surface area (Å²) in [6, 6.07) is 4.64. The van der Waals surface area contributed by atoms with Crippen molar-refractivity contribution in [1.82, 2.24) is 0 Å². The Kier molecular flexibility index (Phi) is 5.78. The molecule has 0 heterocycles. The molecule has 0 saturated carbocycles. The van der Waals surface area contributed by atoms with E-state index < -0.39 is 5.82 Å². The van der Waals surface area contributed by atoms with E-state index in [-0.39, 0.29) is 16.9 Å². The van der Waals surface area contributed by atoms with Gasteiger partial charge in [0.2, 0.25) is 0 Å². The van der Waals surface area contributed by atoms with Gasteiger partial charge in [0.25, 0.3) is 0 Å². The van der Waals surface area contributed by atoms with E-state index in [2.05, 4.69) is 4.74 Å². The first-order valence-electron chi connectivity index (χ1n) is 5.14. The van der Waals surface area contributed by atoms with Gasteiger partial charge in [0, 0.05) is 11.5 Å². The third-order valence-corrected chi connectivity index (χ3v) is 3.79. The van der Waals surface area contributed by atoms with Crippen LogP contribution in [-0.2, 0) is 15.3 Å². The first kappa shape index (κ1) is 14.3. The Hall–Kier alpha value is -0.740. The van der Waals surface area contributed by atoms with Crippen molar-refractivity contribution >= 4 is 29.3 Å². The van der Waals surface area contributed by atoms with Crippen LogP contribution in [0.5, 0.6) is 0 Å². The summed E-state index contributed by atoms with van der Waals surface area (Å²) in [4.78, 5) is 11.1. The van der Waals surface area contributed by atoms with E-state index in [1.807, 2.05) is 6.92 Å². The van der Waals surface area contributed by atoms with E-state index in [4.69, 9.17) is 11.6 Å². The lowest BCUT2D eigenvalue weighted by Gasteiger charge is -2.08. The molecule has 0 aliphatic heterocycles. The van der Waals surface area contributed by atoms with Gasteiger partial charge in [0.05, 0.1) is 18.1 Å². The molecule has 0 aliphatic carbocycles. The number of hydrogen-bond acceptors (Lipinski definition) is 3. The first-order valence-corrected chi connectivity index (χ1v) is 6.67. The van der Waals surface area contributed by atoms with Crippen LogP contribution >= 0.6 is 23.4 Å².